The van der Waals surface area contributed by atoms with Crippen molar-refractivity contribution in [2.75, 3.05) is 6.61 Å². The molecule has 1 aromatic carbocycles. The van der Waals surface area contributed by atoms with E-state index >= 15 is 0 Å². The van der Waals surface area contributed by atoms with Gasteiger partial charge in [-0.2, -0.15) is 0 Å². The molecule has 0 aromatic heterocycles. The first-order chi connectivity index (χ1) is 7.65. The number of aliphatic hydroxyl groups excluding tert-OH is 1. The molecule has 0 aliphatic rings. The van der Waals surface area contributed by atoms with E-state index in [0.29, 0.717) is 17.1 Å². The van der Waals surface area contributed by atoms with Crippen molar-refractivity contribution in [3.8, 4) is 0 Å². The van der Waals surface area contributed by atoms with E-state index in [-0.39, 0.29) is 12.4 Å². The highest BCUT2D eigenvalue weighted by Crippen LogP contribution is 2.11. The SMILES string of the molecule is CC(C)C/C=C(\CO)C(=O)c1ccccc1. The van der Waals surface area contributed by atoms with E-state index < -0.39 is 0 Å². The minimum Gasteiger partial charge on any atom is -0.392 e. The van der Waals surface area contributed by atoms with Crippen molar-refractivity contribution < 1.29 is 9.90 Å². The van der Waals surface area contributed by atoms with Crippen LogP contribution in [0, 0.1) is 5.92 Å². The summed E-state index contributed by atoms with van der Waals surface area (Å²) in [5.74, 6) is 0.411. The van der Waals surface area contributed by atoms with Gasteiger partial charge < -0.3 is 5.11 Å². The summed E-state index contributed by atoms with van der Waals surface area (Å²) < 4.78 is 0. The third kappa shape index (κ3) is 3.63. The molecule has 2 nitrogen and oxygen atoms in total. The predicted molar refractivity (Wildman–Crippen MR) is 65.4 cm³/mol. The molecule has 0 radical (unpaired) electrons. The van der Waals surface area contributed by atoms with Gasteiger partial charge in [0.1, 0.15) is 0 Å². The molecule has 0 fully saturated rings. The molecule has 0 bridgehead atoms. The number of benzene rings is 1. The van der Waals surface area contributed by atoms with Gasteiger partial charge in [0, 0.05) is 11.1 Å². The summed E-state index contributed by atoms with van der Waals surface area (Å²) in [6, 6.07) is 9.05. The van der Waals surface area contributed by atoms with E-state index in [9.17, 15) is 9.90 Å². The van der Waals surface area contributed by atoms with Gasteiger partial charge in [-0.3, -0.25) is 4.79 Å². The van der Waals surface area contributed by atoms with Crippen molar-refractivity contribution in [3.63, 3.8) is 0 Å². The molecule has 2 heteroatoms. The Morgan fingerprint density at radius 1 is 1.31 bits per heavy atom. The lowest BCUT2D eigenvalue weighted by Gasteiger charge is -2.05. The summed E-state index contributed by atoms with van der Waals surface area (Å²) >= 11 is 0. The van der Waals surface area contributed by atoms with Crippen LogP contribution in [0.1, 0.15) is 30.6 Å². The molecule has 0 aliphatic heterocycles. The smallest absolute Gasteiger partial charge is 0.191 e. The van der Waals surface area contributed by atoms with Crippen molar-refractivity contribution in [1.29, 1.82) is 0 Å². The van der Waals surface area contributed by atoms with Crippen LogP contribution in [0.15, 0.2) is 42.0 Å². The van der Waals surface area contributed by atoms with E-state index in [0.717, 1.165) is 6.42 Å². The van der Waals surface area contributed by atoms with Crippen LogP contribution in [0.3, 0.4) is 0 Å². The Balaban J connectivity index is 2.82. The number of Topliss-reactive ketones (excluding diaryl/α,β-unsaturated/α-hetero) is 1. The predicted octanol–water partition coefficient (Wildman–Crippen LogP) is 2.83. The zero-order valence-electron chi connectivity index (χ0n) is 9.81. The summed E-state index contributed by atoms with van der Waals surface area (Å²) in [5.41, 5.74) is 1.12. The van der Waals surface area contributed by atoms with Gasteiger partial charge in [0.15, 0.2) is 5.78 Å². The molecule has 0 aliphatic carbocycles. The molecule has 0 amide bonds. The van der Waals surface area contributed by atoms with Gasteiger partial charge in [-0.1, -0.05) is 50.3 Å². The lowest BCUT2D eigenvalue weighted by Crippen LogP contribution is -2.07. The van der Waals surface area contributed by atoms with Crippen LogP contribution in [0.25, 0.3) is 0 Å². The molecule has 86 valence electrons. The lowest BCUT2D eigenvalue weighted by atomic mass is 10.0. The number of carbonyl (C=O) groups is 1. The Morgan fingerprint density at radius 3 is 2.44 bits per heavy atom. The molecule has 0 atom stereocenters. The van der Waals surface area contributed by atoms with Crippen LogP contribution in [-0.2, 0) is 0 Å². The lowest BCUT2D eigenvalue weighted by molar-refractivity contribution is 0.102. The maximum Gasteiger partial charge on any atom is 0.191 e. The third-order valence-corrected chi connectivity index (χ3v) is 2.33. The van der Waals surface area contributed by atoms with Crippen LogP contribution in [0.2, 0.25) is 0 Å². The second kappa shape index (κ2) is 6.23. The third-order valence-electron chi connectivity index (χ3n) is 2.33. The van der Waals surface area contributed by atoms with Crippen LogP contribution in [0.5, 0.6) is 0 Å². The van der Waals surface area contributed by atoms with E-state index in [1.807, 2.05) is 24.3 Å². The number of carbonyl (C=O) groups excluding carboxylic acids is 1. The summed E-state index contributed by atoms with van der Waals surface area (Å²) in [4.78, 5) is 12.0. The second-order valence-electron chi connectivity index (χ2n) is 4.21. The van der Waals surface area contributed by atoms with Gasteiger partial charge >= 0.3 is 0 Å². The quantitative estimate of drug-likeness (QED) is 0.609. The van der Waals surface area contributed by atoms with E-state index in [1.165, 1.54) is 0 Å². The highest BCUT2D eigenvalue weighted by molar-refractivity contribution is 6.08. The van der Waals surface area contributed by atoms with Gasteiger partial charge in [-0.25, -0.2) is 0 Å². The molecular formula is C14H18O2. The number of allylic oxidation sites excluding steroid dienone is 1. The van der Waals surface area contributed by atoms with Crippen molar-refractivity contribution in [2.45, 2.75) is 20.3 Å². The summed E-state index contributed by atoms with van der Waals surface area (Å²) in [5, 5.41) is 9.18. The number of ketones is 1. The first kappa shape index (κ1) is 12.7. The fraction of sp³-hybridized carbons (Fsp3) is 0.357. The molecule has 0 saturated carbocycles. The van der Waals surface area contributed by atoms with Crippen LogP contribution >= 0.6 is 0 Å². The largest absolute Gasteiger partial charge is 0.392 e. The normalized spacial score (nSPS) is 11.9. The minimum absolute atomic E-state index is 0.0799. The topological polar surface area (TPSA) is 37.3 Å². The van der Waals surface area contributed by atoms with Crippen LogP contribution in [0.4, 0.5) is 0 Å². The summed E-state index contributed by atoms with van der Waals surface area (Å²) in [6.07, 6.45) is 2.65. The van der Waals surface area contributed by atoms with Crippen LogP contribution < -0.4 is 0 Å². The number of hydrogen-bond donors (Lipinski definition) is 1. The van der Waals surface area contributed by atoms with Gasteiger partial charge in [-0.15, -0.1) is 0 Å². The molecular weight excluding hydrogens is 200 g/mol. The molecule has 0 spiro atoms. The molecule has 16 heavy (non-hydrogen) atoms. The van der Waals surface area contributed by atoms with Gasteiger partial charge in [-0.05, 0) is 12.3 Å². The van der Waals surface area contributed by atoms with Crippen molar-refractivity contribution in [1.82, 2.24) is 0 Å². The zero-order valence-corrected chi connectivity index (χ0v) is 9.81. The average molecular weight is 218 g/mol. The molecule has 1 N–H and O–H groups in total. The fourth-order valence-corrected chi connectivity index (χ4v) is 1.38. The maximum absolute atomic E-state index is 12.0. The zero-order chi connectivity index (χ0) is 12.0. The van der Waals surface area contributed by atoms with E-state index in [2.05, 4.69) is 13.8 Å². The van der Waals surface area contributed by atoms with Crippen molar-refractivity contribution in [3.05, 3.63) is 47.5 Å². The molecule has 1 aromatic rings. The Labute approximate surface area is 96.6 Å². The van der Waals surface area contributed by atoms with E-state index in [4.69, 9.17) is 0 Å². The van der Waals surface area contributed by atoms with Crippen molar-refractivity contribution in [2.24, 2.45) is 5.92 Å². The first-order valence-electron chi connectivity index (χ1n) is 5.54. The highest BCUT2D eigenvalue weighted by Gasteiger charge is 2.10. The first-order valence-corrected chi connectivity index (χ1v) is 5.54. The minimum atomic E-state index is -0.194. The van der Waals surface area contributed by atoms with Crippen molar-refractivity contribution >= 4 is 5.78 Å². The monoisotopic (exact) mass is 218 g/mol. The summed E-state index contributed by atoms with van der Waals surface area (Å²) in [7, 11) is 0. The Kier molecular flexibility index (Phi) is 4.93. The molecule has 0 unspecified atom stereocenters. The standard InChI is InChI=1S/C14H18O2/c1-11(2)8-9-13(10-15)14(16)12-6-4-3-5-7-12/h3-7,9,11,15H,8,10H2,1-2H3/b13-9+. The average Bonchev–Trinajstić information content (AvgIpc) is 2.30. The summed E-state index contributed by atoms with van der Waals surface area (Å²) in [6.45, 7) is 3.97. The molecule has 0 saturated heterocycles. The van der Waals surface area contributed by atoms with Gasteiger partial charge in [0.25, 0.3) is 0 Å². The molecule has 0 heterocycles. The molecule has 1 rings (SSSR count). The van der Waals surface area contributed by atoms with Gasteiger partial charge in [0.2, 0.25) is 0 Å². The number of hydrogen-bond acceptors (Lipinski definition) is 2. The van der Waals surface area contributed by atoms with E-state index in [1.54, 1.807) is 12.1 Å². The number of aliphatic hydroxyl groups is 1. The number of rotatable bonds is 5. The highest BCUT2D eigenvalue weighted by atomic mass is 16.3. The maximum atomic E-state index is 12.0. The Morgan fingerprint density at radius 2 is 1.94 bits per heavy atom. The fourth-order valence-electron chi connectivity index (χ4n) is 1.38. The van der Waals surface area contributed by atoms with Crippen LogP contribution in [-0.4, -0.2) is 17.5 Å². The Hall–Kier alpha value is -1.41. The second-order valence-corrected chi connectivity index (χ2v) is 4.21. The Bertz CT molecular complexity index is 364. The van der Waals surface area contributed by atoms with Gasteiger partial charge in [0.05, 0.1) is 6.61 Å².